The van der Waals surface area contributed by atoms with Crippen LogP contribution in [0.4, 0.5) is 0 Å². The summed E-state index contributed by atoms with van der Waals surface area (Å²) in [5, 5.41) is 3.98. The SMILES string of the molecule is CSn1cnc(CCl)n1. The molecule has 50 valence electrons. The Balaban J connectivity index is 2.74. The first-order chi connectivity index (χ1) is 4.36. The van der Waals surface area contributed by atoms with Crippen molar-refractivity contribution in [2.75, 3.05) is 6.26 Å². The van der Waals surface area contributed by atoms with Crippen molar-refractivity contribution in [1.82, 2.24) is 14.2 Å². The second-order valence-corrected chi connectivity index (χ2v) is 2.39. The molecule has 9 heavy (non-hydrogen) atoms. The molecule has 0 aliphatic carbocycles. The van der Waals surface area contributed by atoms with Gasteiger partial charge in [-0.3, -0.25) is 0 Å². The highest BCUT2D eigenvalue weighted by atomic mass is 35.5. The Morgan fingerprint density at radius 3 is 3.00 bits per heavy atom. The third-order valence-corrected chi connectivity index (χ3v) is 1.62. The summed E-state index contributed by atoms with van der Waals surface area (Å²) in [5.41, 5.74) is 0. The molecule has 0 aliphatic heterocycles. The van der Waals surface area contributed by atoms with Gasteiger partial charge in [-0.25, -0.2) is 4.98 Å². The summed E-state index contributed by atoms with van der Waals surface area (Å²) in [6.07, 6.45) is 3.56. The van der Waals surface area contributed by atoms with Gasteiger partial charge in [-0.2, -0.15) is 4.09 Å². The van der Waals surface area contributed by atoms with Crippen LogP contribution in [0, 0.1) is 0 Å². The van der Waals surface area contributed by atoms with Crippen molar-refractivity contribution < 1.29 is 0 Å². The topological polar surface area (TPSA) is 30.7 Å². The van der Waals surface area contributed by atoms with Gasteiger partial charge in [0.2, 0.25) is 0 Å². The lowest BCUT2D eigenvalue weighted by Gasteiger charge is -1.86. The Hall–Kier alpha value is -0.220. The van der Waals surface area contributed by atoms with Gasteiger partial charge in [0.1, 0.15) is 6.33 Å². The molecule has 1 aromatic rings. The van der Waals surface area contributed by atoms with Crippen molar-refractivity contribution in [2.24, 2.45) is 0 Å². The van der Waals surface area contributed by atoms with Gasteiger partial charge >= 0.3 is 0 Å². The summed E-state index contributed by atoms with van der Waals surface area (Å²) in [4.78, 5) is 3.90. The molecule has 0 fully saturated rings. The lowest BCUT2D eigenvalue weighted by molar-refractivity contribution is 0.969. The summed E-state index contributed by atoms with van der Waals surface area (Å²) in [5.74, 6) is 1.05. The van der Waals surface area contributed by atoms with E-state index < -0.39 is 0 Å². The molecule has 3 nitrogen and oxygen atoms in total. The maximum atomic E-state index is 5.45. The zero-order chi connectivity index (χ0) is 6.69. The van der Waals surface area contributed by atoms with Gasteiger partial charge in [0, 0.05) is 6.26 Å². The summed E-state index contributed by atoms with van der Waals surface area (Å²) in [7, 11) is 0. The zero-order valence-corrected chi connectivity index (χ0v) is 6.48. The van der Waals surface area contributed by atoms with Gasteiger partial charge in [-0.1, -0.05) is 0 Å². The van der Waals surface area contributed by atoms with E-state index in [1.165, 1.54) is 11.9 Å². The van der Waals surface area contributed by atoms with E-state index in [0.717, 1.165) is 0 Å². The summed E-state index contributed by atoms with van der Waals surface area (Å²) < 4.78 is 1.66. The van der Waals surface area contributed by atoms with E-state index in [0.29, 0.717) is 11.7 Å². The minimum atomic E-state index is 0.383. The Labute approximate surface area is 62.5 Å². The van der Waals surface area contributed by atoms with E-state index in [9.17, 15) is 0 Å². The van der Waals surface area contributed by atoms with E-state index in [1.807, 2.05) is 6.26 Å². The molecule has 0 saturated heterocycles. The maximum absolute atomic E-state index is 5.45. The average Bonchev–Trinajstić information content (AvgIpc) is 2.34. The monoisotopic (exact) mass is 163 g/mol. The largest absolute Gasteiger partial charge is 0.218 e. The minimum Gasteiger partial charge on any atom is -0.218 e. The molecule has 0 radical (unpaired) electrons. The summed E-state index contributed by atoms with van der Waals surface area (Å²) in [6, 6.07) is 0. The fourth-order valence-electron chi connectivity index (χ4n) is 0.431. The number of hydrogen-bond donors (Lipinski definition) is 0. The molecule has 0 N–H and O–H groups in total. The van der Waals surface area contributed by atoms with Crippen molar-refractivity contribution in [3.05, 3.63) is 12.2 Å². The van der Waals surface area contributed by atoms with E-state index in [2.05, 4.69) is 10.1 Å². The third-order valence-electron chi connectivity index (χ3n) is 0.826. The first-order valence-corrected chi connectivity index (χ1v) is 4.09. The normalized spacial score (nSPS) is 10.0. The number of alkyl halides is 1. The standard InChI is InChI=1S/C4H6ClN3S/c1-9-8-3-6-4(2-5)7-8/h3H,2H2,1H3. The fourth-order valence-corrected chi connectivity index (χ4v) is 0.870. The number of hydrogen-bond acceptors (Lipinski definition) is 3. The molecule has 0 aromatic carbocycles. The minimum absolute atomic E-state index is 0.383. The van der Waals surface area contributed by atoms with Crippen LogP contribution in [0.25, 0.3) is 0 Å². The number of nitrogens with zero attached hydrogens (tertiary/aromatic N) is 3. The van der Waals surface area contributed by atoms with E-state index in [4.69, 9.17) is 11.6 Å². The molecule has 5 heteroatoms. The fraction of sp³-hybridized carbons (Fsp3) is 0.500. The Morgan fingerprint density at radius 2 is 2.67 bits per heavy atom. The molecule has 0 bridgehead atoms. The highest BCUT2D eigenvalue weighted by molar-refractivity contribution is 7.97. The number of aromatic nitrogens is 3. The first kappa shape index (κ1) is 6.89. The first-order valence-electron chi connectivity index (χ1n) is 2.38. The van der Waals surface area contributed by atoms with Gasteiger partial charge in [0.05, 0.1) is 5.88 Å². The number of halogens is 1. The van der Waals surface area contributed by atoms with Gasteiger partial charge in [0.25, 0.3) is 0 Å². The Morgan fingerprint density at radius 1 is 1.89 bits per heavy atom. The van der Waals surface area contributed by atoms with Crippen molar-refractivity contribution in [3.63, 3.8) is 0 Å². The van der Waals surface area contributed by atoms with Crippen LogP contribution in [0.1, 0.15) is 5.82 Å². The predicted octanol–water partition coefficient (Wildman–Crippen LogP) is 1.14. The van der Waals surface area contributed by atoms with Crippen LogP contribution in [0.2, 0.25) is 0 Å². The Kier molecular flexibility index (Phi) is 2.36. The third kappa shape index (κ3) is 1.59. The predicted molar refractivity (Wildman–Crippen MR) is 38.5 cm³/mol. The average molecular weight is 164 g/mol. The molecule has 0 atom stereocenters. The van der Waals surface area contributed by atoms with Crippen molar-refractivity contribution in [3.8, 4) is 0 Å². The second-order valence-electron chi connectivity index (χ2n) is 1.38. The van der Waals surface area contributed by atoms with E-state index in [-0.39, 0.29) is 0 Å². The highest BCUT2D eigenvalue weighted by Gasteiger charge is 1.94. The number of rotatable bonds is 2. The van der Waals surface area contributed by atoms with Crippen LogP contribution in [-0.4, -0.2) is 20.4 Å². The van der Waals surface area contributed by atoms with Crippen molar-refractivity contribution in [2.45, 2.75) is 5.88 Å². The molecular formula is C4H6ClN3S. The molecule has 0 spiro atoms. The molecule has 0 amide bonds. The van der Waals surface area contributed by atoms with Crippen LogP contribution >= 0.6 is 23.5 Å². The van der Waals surface area contributed by atoms with Gasteiger partial charge in [0.15, 0.2) is 5.82 Å². The zero-order valence-electron chi connectivity index (χ0n) is 4.91. The van der Waals surface area contributed by atoms with Crippen molar-refractivity contribution in [1.29, 1.82) is 0 Å². The van der Waals surface area contributed by atoms with Crippen LogP contribution in [0.15, 0.2) is 6.33 Å². The Bertz CT molecular complexity index is 169. The summed E-state index contributed by atoms with van der Waals surface area (Å²) >= 11 is 6.94. The second kappa shape index (κ2) is 3.08. The molecular weight excluding hydrogens is 158 g/mol. The molecule has 0 aliphatic rings. The lowest BCUT2D eigenvalue weighted by atomic mass is 10.7. The van der Waals surface area contributed by atoms with Gasteiger partial charge in [-0.15, -0.1) is 16.7 Å². The highest BCUT2D eigenvalue weighted by Crippen LogP contribution is 1.99. The molecule has 0 unspecified atom stereocenters. The van der Waals surface area contributed by atoms with Crippen LogP contribution in [-0.2, 0) is 5.88 Å². The smallest absolute Gasteiger partial charge is 0.166 e. The van der Waals surface area contributed by atoms with Gasteiger partial charge in [-0.05, 0) is 11.9 Å². The maximum Gasteiger partial charge on any atom is 0.166 e. The van der Waals surface area contributed by atoms with E-state index >= 15 is 0 Å². The summed E-state index contributed by atoms with van der Waals surface area (Å²) in [6.45, 7) is 0. The molecule has 1 aromatic heterocycles. The van der Waals surface area contributed by atoms with Gasteiger partial charge < -0.3 is 0 Å². The van der Waals surface area contributed by atoms with Crippen LogP contribution in [0.3, 0.4) is 0 Å². The van der Waals surface area contributed by atoms with Crippen LogP contribution < -0.4 is 0 Å². The van der Waals surface area contributed by atoms with E-state index in [1.54, 1.807) is 10.4 Å². The molecule has 1 rings (SSSR count). The lowest BCUT2D eigenvalue weighted by Crippen LogP contribution is -1.86. The quantitative estimate of drug-likeness (QED) is 0.613. The molecule has 0 saturated carbocycles. The van der Waals surface area contributed by atoms with Crippen LogP contribution in [0.5, 0.6) is 0 Å². The molecule has 1 heterocycles. The van der Waals surface area contributed by atoms with Crippen molar-refractivity contribution >= 4 is 23.5 Å².